The Labute approximate surface area is 154 Å². The van der Waals surface area contributed by atoms with Gasteiger partial charge in [-0.3, -0.25) is 9.71 Å². The zero-order valence-electron chi connectivity index (χ0n) is 14.4. The van der Waals surface area contributed by atoms with Crippen LogP contribution < -0.4 is 4.72 Å². The molecule has 1 aromatic carbocycles. The topological polar surface area (TPSA) is 96.4 Å². The summed E-state index contributed by atoms with van der Waals surface area (Å²) in [5.74, 6) is 0.498. The van der Waals surface area contributed by atoms with Gasteiger partial charge in [0, 0.05) is 25.5 Å². The van der Waals surface area contributed by atoms with Gasteiger partial charge in [0.05, 0.1) is 15.5 Å². The molecule has 2 heterocycles. The molecule has 1 aliphatic heterocycles. The molecule has 0 saturated carbocycles. The fourth-order valence-corrected chi connectivity index (χ4v) is 5.50. The highest BCUT2D eigenvalue weighted by atomic mass is 32.2. The minimum absolute atomic E-state index is 0.00958. The molecule has 0 spiro atoms. The zero-order valence-corrected chi connectivity index (χ0v) is 16.0. The number of aromatic nitrogens is 1. The molecule has 140 valence electrons. The average molecular weight is 396 g/mol. The maximum Gasteiger partial charge on any atom is 0.261 e. The largest absolute Gasteiger partial charge is 0.280 e. The molecule has 0 aliphatic carbocycles. The van der Waals surface area contributed by atoms with Crippen LogP contribution in [0.5, 0.6) is 0 Å². The summed E-state index contributed by atoms with van der Waals surface area (Å²) in [6, 6.07) is 8.50. The maximum absolute atomic E-state index is 12.8. The van der Waals surface area contributed by atoms with Crippen LogP contribution in [-0.2, 0) is 20.0 Å². The smallest absolute Gasteiger partial charge is 0.261 e. The van der Waals surface area contributed by atoms with Crippen molar-refractivity contribution in [3.63, 3.8) is 0 Å². The van der Waals surface area contributed by atoms with E-state index in [-0.39, 0.29) is 9.79 Å². The Morgan fingerprint density at radius 1 is 1.00 bits per heavy atom. The molecule has 1 aliphatic rings. The first-order valence-corrected chi connectivity index (χ1v) is 11.2. The van der Waals surface area contributed by atoms with Crippen molar-refractivity contribution in [1.29, 1.82) is 0 Å². The van der Waals surface area contributed by atoms with Crippen molar-refractivity contribution >= 4 is 25.7 Å². The Kier molecular flexibility index (Phi) is 5.31. The maximum atomic E-state index is 12.8. The summed E-state index contributed by atoms with van der Waals surface area (Å²) < 4.78 is 54.6. The summed E-state index contributed by atoms with van der Waals surface area (Å²) in [6.07, 6.45) is 4.55. The van der Waals surface area contributed by atoms with Gasteiger partial charge in [-0.2, -0.15) is 4.31 Å². The van der Waals surface area contributed by atoms with E-state index >= 15 is 0 Å². The van der Waals surface area contributed by atoms with Gasteiger partial charge in [-0.1, -0.05) is 13.0 Å². The van der Waals surface area contributed by atoms with Crippen LogP contribution in [0.3, 0.4) is 0 Å². The molecule has 1 fully saturated rings. The molecule has 0 unspecified atom stereocenters. The van der Waals surface area contributed by atoms with Crippen molar-refractivity contribution in [2.24, 2.45) is 5.92 Å². The van der Waals surface area contributed by atoms with Crippen molar-refractivity contribution in [2.75, 3.05) is 17.8 Å². The van der Waals surface area contributed by atoms with Crippen molar-refractivity contribution in [2.45, 2.75) is 29.6 Å². The van der Waals surface area contributed by atoms with Gasteiger partial charge in [-0.25, -0.2) is 16.8 Å². The first-order chi connectivity index (χ1) is 12.3. The monoisotopic (exact) mass is 395 g/mol. The number of piperidine rings is 1. The Balaban J connectivity index is 1.88. The number of hydrogen-bond acceptors (Lipinski definition) is 5. The number of anilines is 1. The highest BCUT2D eigenvalue weighted by Crippen LogP contribution is 2.25. The van der Waals surface area contributed by atoms with Crippen LogP contribution in [0, 0.1) is 5.92 Å². The summed E-state index contributed by atoms with van der Waals surface area (Å²) in [5.41, 5.74) is 0.360. The molecule has 0 amide bonds. The van der Waals surface area contributed by atoms with Gasteiger partial charge in [0.1, 0.15) is 0 Å². The zero-order chi connectivity index (χ0) is 18.8. The number of rotatable bonds is 5. The molecular weight excluding hydrogens is 374 g/mol. The van der Waals surface area contributed by atoms with E-state index in [0.717, 1.165) is 12.8 Å². The fourth-order valence-electron chi connectivity index (χ4n) is 2.81. The summed E-state index contributed by atoms with van der Waals surface area (Å²) in [6.45, 7) is 3.01. The quantitative estimate of drug-likeness (QED) is 0.838. The second kappa shape index (κ2) is 7.34. The summed E-state index contributed by atoms with van der Waals surface area (Å²) >= 11 is 0. The van der Waals surface area contributed by atoms with Crippen LogP contribution in [0.4, 0.5) is 5.69 Å². The lowest BCUT2D eigenvalue weighted by Crippen LogP contribution is -2.37. The molecule has 3 rings (SSSR count). The van der Waals surface area contributed by atoms with Crippen LogP contribution in [0.15, 0.2) is 58.6 Å². The summed E-state index contributed by atoms with van der Waals surface area (Å²) in [5, 5.41) is 0. The number of sulfonamides is 2. The molecule has 0 bridgehead atoms. The van der Waals surface area contributed by atoms with Crippen LogP contribution in [0.25, 0.3) is 0 Å². The standard InChI is InChI=1S/C17H21N3O4S2/c1-14-7-11-20(12-8-14)26(23,24)17-4-2-3-16(13-17)25(21,22)19-15-5-9-18-10-6-15/h2-6,9-10,13-14H,7-8,11-12H2,1H3,(H,18,19). The molecule has 0 atom stereocenters. The van der Waals surface area contributed by atoms with E-state index in [0.29, 0.717) is 24.7 Å². The lowest BCUT2D eigenvalue weighted by molar-refractivity contribution is 0.288. The van der Waals surface area contributed by atoms with Gasteiger partial charge in [0.25, 0.3) is 10.0 Å². The van der Waals surface area contributed by atoms with Gasteiger partial charge in [0.2, 0.25) is 10.0 Å². The second-order valence-corrected chi connectivity index (χ2v) is 10.0. The number of nitrogens with one attached hydrogen (secondary N) is 1. The van der Waals surface area contributed by atoms with Gasteiger partial charge >= 0.3 is 0 Å². The van der Waals surface area contributed by atoms with Gasteiger partial charge in [0.15, 0.2) is 0 Å². The molecule has 1 aromatic heterocycles. The predicted molar refractivity (Wildman–Crippen MR) is 98.6 cm³/mol. The van der Waals surface area contributed by atoms with Crippen LogP contribution in [0.2, 0.25) is 0 Å². The summed E-state index contributed by atoms with van der Waals surface area (Å²) in [7, 11) is -7.61. The lowest BCUT2D eigenvalue weighted by atomic mass is 10.0. The third-order valence-corrected chi connectivity index (χ3v) is 7.70. The Morgan fingerprint density at radius 2 is 1.62 bits per heavy atom. The fraction of sp³-hybridized carbons (Fsp3) is 0.353. The normalized spacial score (nSPS) is 17.1. The minimum Gasteiger partial charge on any atom is -0.280 e. The Morgan fingerprint density at radius 3 is 2.27 bits per heavy atom. The van der Waals surface area contributed by atoms with Gasteiger partial charge in [-0.05, 0) is 49.1 Å². The van der Waals surface area contributed by atoms with Gasteiger partial charge in [-0.15, -0.1) is 0 Å². The van der Waals surface area contributed by atoms with Crippen LogP contribution in [0.1, 0.15) is 19.8 Å². The van der Waals surface area contributed by atoms with Crippen LogP contribution in [-0.4, -0.2) is 39.2 Å². The predicted octanol–water partition coefficient (Wildman–Crippen LogP) is 2.30. The molecule has 1 N–H and O–H groups in total. The van der Waals surface area contributed by atoms with Crippen LogP contribution >= 0.6 is 0 Å². The number of nitrogens with zero attached hydrogens (tertiary/aromatic N) is 2. The molecule has 26 heavy (non-hydrogen) atoms. The molecular formula is C17H21N3O4S2. The molecule has 7 nitrogen and oxygen atoms in total. The van der Waals surface area contributed by atoms with E-state index < -0.39 is 20.0 Å². The van der Waals surface area contributed by atoms with E-state index in [1.54, 1.807) is 0 Å². The Bertz CT molecular complexity index is 968. The molecule has 0 radical (unpaired) electrons. The van der Waals surface area contributed by atoms with E-state index in [4.69, 9.17) is 0 Å². The third kappa shape index (κ3) is 4.05. The van der Waals surface area contributed by atoms with Gasteiger partial charge < -0.3 is 0 Å². The minimum atomic E-state index is -3.90. The third-order valence-electron chi connectivity index (χ3n) is 4.43. The molecule has 1 saturated heterocycles. The number of benzene rings is 1. The first kappa shape index (κ1) is 18.8. The molecule has 2 aromatic rings. The van der Waals surface area contributed by atoms with Crippen molar-refractivity contribution in [1.82, 2.24) is 9.29 Å². The summed E-state index contributed by atoms with van der Waals surface area (Å²) in [4.78, 5) is 3.73. The number of pyridine rings is 1. The average Bonchev–Trinajstić information content (AvgIpc) is 2.63. The van der Waals surface area contributed by atoms with Crippen molar-refractivity contribution in [3.8, 4) is 0 Å². The Hall–Kier alpha value is -1.97. The van der Waals surface area contributed by atoms with Crippen molar-refractivity contribution < 1.29 is 16.8 Å². The second-order valence-electron chi connectivity index (χ2n) is 6.40. The number of hydrogen-bond donors (Lipinski definition) is 1. The SMILES string of the molecule is CC1CCN(S(=O)(=O)c2cccc(S(=O)(=O)Nc3ccncc3)c2)CC1. The van der Waals surface area contributed by atoms with Crippen molar-refractivity contribution in [3.05, 3.63) is 48.8 Å². The molecule has 9 heteroatoms. The van der Waals surface area contributed by atoms with E-state index in [1.807, 2.05) is 0 Å². The highest BCUT2D eigenvalue weighted by Gasteiger charge is 2.29. The van der Waals surface area contributed by atoms with E-state index in [1.165, 1.54) is 53.1 Å². The lowest BCUT2D eigenvalue weighted by Gasteiger charge is -2.29. The highest BCUT2D eigenvalue weighted by molar-refractivity contribution is 7.93. The first-order valence-electron chi connectivity index (χ1n) is 8.32. The van der Waals surface area contributed by atoms with E-state index in [9.17, 15) is 16.8 Å². The van der Waals surface area contributed by atoms with E-state index in [2.05, 4.69) is 16.6 Å².